The maximum Gasteiger partial charge on any atom is 0.279 e. The SMILES string of the molecule is CCC(C(=O)CC(C)C(=O)Nc1cccc(NC(=O)C(N=Nc2ccc(S(N)(=O)=O)cc2)=C(C)O)c1)c1ccccc1. The topological polar surface area (TPSA) is 180 Å². The number of primary sulfonamides is 1. The number of sulfonamides is 1. The number of nitrogens with zero attached hydrogens (tertiary/aromatic N) is 2. The van der Waals surface area contributed by atoms with Gasteiger partial charge in [0.25, 0.3) is 5.91 Å². The summed E-state index contributed by atoms with van der Waals surface area (Å²) in [6, 6.07) is 21.0. The standard InChI is InChI=1S/C30H33N5O6S/c1-4-26(21-9-6-5-7-10-21)27(37)17-19(2)29(38)32-23-11-8-12-24(18-23)33-30(39)28(20(3)36)35-34-22-13-15-25(16-14-22)42(31,40)41/h5-16,18-19,26,36H,4,17H2,1-3H3,(H,32,38)(H,33,39)(H2,31,40,41). The molecule has 2 atom stereocenters. The highest BCUT2D eigenvalue weighted by molar-refractivity contribution is 7.89. The number of nitrogens with two attached hydrogens (primary N) is 1. The van der Waals surface area contributed by atoms with Crippen molar-refractivity contribution in [2.75, 3.05) is 10.6 Å². The van der Waals surface area contributed by atoms with Gasteiger partial charge < -0.3 is 15.7 Å². The molecule has 0 bridgehead atoms. The van der Waals surface area contributed by atoms with Crippen LogP contribution in [0.15, 0.2) is 105 Å². The van der Waals surface area contributed by atoms with E-state index in [1.807, 2.05) is 37.3 Å². The third-order valence-corrected chi connectivity index (χ3v) is 7.26. The summed E-state index contributed by atoms with van der Waals surface area (Å²) in [6.45, 7) is 4.89. The van der Waals surface area contributed by atoms with Gasteiger partial charge in [-0.05, 0) is 61.4 Å². The number of amides is 2. The van der Waals surface area contributed by atoms with Crippen LogP contribution in [-0.2, 0) is 24.4 Å². The van der Waals surface area contributed by atoms with E-state index in [4.69, 9.17) is 5.14 Å². The molecule has 42 heavy (non-hydrogen) atoms. The molecule has 3 aromatic carbocycles. The first-order chi connectivity index (χ1) is 19.9. The molecule has 5 N–H and O–H groups in total. The van der Waals surface area contributed by atoms with Gasteiger partial charge in [0, 0.05) is 29.6 Å². The van der Waals surface area contributed by atoms with Crippen LogP contribution in [0.4, 0.5) is 17.1 Å². The number of carbonyl (C=O) groups is 3. The van der Waals surface area contributed by atoms with Gasteiger partial charge in [-0.15, -0.1) is 5.11 Å². The zero-order valence-electron chi connectivity index (χ0n) is 23.4. The van der Waals surface area contributed by atoms with Crippen LogP contribution < -0.4 is 15.8 Å². The van der Waals surface area contributed by atoms with Crippen molar-refractivity contribution >= 4 is 44.7 Å². The highest BCUT2D eigenvalue weighted by atomic mass is 32.2. The summed E-state index contributed by atoms with van der Waals surface area (Å²) in [6.07, 6.45) is 0.711. The average molecular weight is 592 g/mol. The number of Topliss-reactive ketones (excluding diaryl/α,β-unsaturated/α-hetero) is 1. The minimum absolute atomic E-state index is 0.0134. The molecule has 2 amide bonds. The molecule has 220 valence electrons. The van der Waals surface area contributed by atoms with Gasteiger partial charge in [-0.25, -0.2) is 13.6 Å². The molecule has 0 aliphatic rings. The molecule has 0 saturated carbocycles. The molecule has 0 aromatic heterocycles. The quantitative estimate of drug-likeness (QED) is 0.121. The number of allylic oxidation sites excluding steroid dienone is 1. The van der Waals surface area contributed by atoms with Crippen molar-refractivity contribution < 1.29 is 27.9 Å². The molecule has 0 aliphatic carbocycles. The van der Waals surface area contributed by atoms with Crippen LogP contribution >= 0.6 is 0 Å². The molecule has 0 aliphatic heterocycles. The Bertz CT molecular complexity index is 1600. The zero-order chi connectivity index (χ0) is 30.9. The van der Waals surface area contributed by atoms with Gasteiger partial charge in [0.15, 0.2) is 5.70 Å². The second kappa shape index (κ2) is 14.3. The molecule has 11 nitrogen and oxygen atoms in total. The third-order valence-electron chi connectivity index (χ3n) is 6.33. The van der Waals surface area contributed by atoms with Crippen molar-refractivity contribution in [3.63, 3.8) is 0 Å². The fraction of sp³-hybridized carbons (Fsp3) is 0.233. The minimum Gasteiger partial charge on any atom is -0.510 e. The number of hydrogen-bond acceptors (Lipinski definition) is 8. The van der Waals surface area contributed by atoms with E-state index in [1.54, 1.807) is 25.1 Å². The first-order valence-corrected chi connectivity index (χ1v) is 14.7. The molecular weight excluding hydrogens is 558 g/mol. The summed E-state index contributed by atoms with van der Waals surface area (Å²) in [5.74, 6) is -2.39. The molecule has 0 heterocycles. The van der Waals surface area contributed by atoms with E-state index in [9.17, 15) is 27.9 Å². The second-order valence-corrected chi connectivity index (χ2v) is 11.2. The molecule has 0 saturated heterocycles. The zero-order valence-corrected chi connectivity index (χ0v) is 24.3. The van der Waals surface area contributed by atoms with Crippen molar-refractivity contribution in [3.05, 3.63) is 95.9 Å². The Morgan fingerprint density at radius 1 is 0.929 bits per heavy atom. The number of anilines is 2. The highest BCUT2D eigenvalue weighted by Crippen LogP contribution is 2.25. The molecular formula is C30H33N5O6S. The third kappa shape index (κ3) is 8.91. The minimum atomic E-state index is -3.88. The van der Waals surface area contributed by atoms with E-state index in [-0.39, 0.29) is 40.3 Å². The number of carbonyl (C=O) groups excluding carboxylic acids is 3. The maximum absolute atomic E-state index is 12.9. The van der Waals surface area contributed by atoms with E-state index in [2.05, 4.69) is 20.9 Å². The highest BCUT2D eigenvalue weighted by Gasteiger charge is 2.24. The fourth-order valence-electron chi connectivity index (χ4n) is 4.09. The number of benzene rings is 3. The number of ketones is 1. The van der Waals surface area contributed by atoms with E-state index >= 15 is 0 Å². The largest absolute Gasteiger partial charge is 0.510 e. The lowest BCUT2D eigenvalue weighted by atomic mass is 9.87. The van der Waals surface area contributed by atoms with Crippen molar-refractivity contribution in [1.29, 1.82) is 0 Å². The summed E-state index contributed by atoms with van der Waals surface area (Å²) in [5, 5.41) is 28.1. The van der Waals surface area contributed by atoms with Gasteiger partial charge in [-0.3, -0.25) is 14.4 Å². The monoisotopic (exact) mass is 591 g/mol. The van der Waals surface area contributed by atoms with Gasteiger partial charge in [0.1, 0.15) is 11.5 Å². The van der Waals surface area contributed by atoms with Crippen LogP contribution in [0.25, 0.3) is 0 Å². The van der Waals surface area contributed by atoms with Crippen LogP contribution in [0.1, 0.15) is 45.1 Å². The number of aliphatic hydroxyl groups is 1. The lowest BCUT2D eigenvalue weighted by molar-refractivity contribution is -0.126. The maximum atomic E-state index is 12.9. The summed E-state index contributed by atoms with van der Waals surface area (Å²) in [5.41, 5.74) is 1.47. The normalized spacial score (nSPS) is 13.6. The smallest absolute Gasteiger partial charge is 0.279 e. The Morgan fingerprint density at radius 2 is 1.55 bits per heavy atom. The predicted octanol–water partition coefficient (Wildman–Crippen LogP) is 5.57. The second-order valence-electron chi connectivity index (χ2n) is 9.64. The number of azo groups is 1. The Morgan fingerprint density at radius 3 is 2.12 bits per heavy atom. The molecule has 0 spiro atoms. The van der Waals surface area contributed by atoms with Gasteiger partial charge in [-0.2, -0.15) is 5.11 Å². The van der Waals surface area contributed by atoms with E-state index in [0.29, 0.717) is 17.8 Å². The van der Waals surface area contributed by atoms with Gasteiger partial charge in [-0.1, -0.05) is 50.2 Å². The van der Waals surface area contributed by atoms with Crippen molar-refractivity contribution in [2.24, 2.45) is 21.3 Å². The van der Waals surface area contributed by atoms with Gasteiger partial charge in [0.2, 0.25) is 15.9 Å². The molecule has 0 radical (unpaired) electrons. The predicted molar refractivity (Wildman–Crippen MR) is 160 cm³/mol. The van der Waals surface area contributed by atoms with Crippen LogP contribution in [-0.4, -0.2) is 31.1 Å². The Hall–Kier alpha value is -4.68. The van der Waals surface area contributed by atoms with Crippen molar-refractivity contribution in [3.8, 4) is 0 Å². The number of nitrogens with one attached hydrogen (secondary N) is 2. The Labute approximate surface area is 244 Å². The van der Waals surface area contributed by atoms with Crippen LogP contribution in [0.2, 0.25) is 0 Å². The molecule has 3 rings (SSSR count). The molecule has 3 aromatic rings. The van der Waals surface area contributed by atoms with E-state index in [1.165, 1.54) is 37.3 Å². The molecule has 12 heteroatoms. The Kier molecular flexibility index (Phi) is 10.8. The average Bonchev–Trinajstić information content (AvgIpc) is 2.94. The number of rotatable bonds is 12. The van der Waals surface area contributed by atoms with Gasteiger partial charge in [0.05, 0.1) is 10.6 Å². The van der Waals surface area contributed by atoms with E-state index < -0.39 is 27.6 Å². The summed E-state index contributed by atoms with van der Waals surface area (Å²) in [4.78, 5) is 38.5. The first kappa shape index (κ1) is 31.8. The fourth-order valence-corrected chi connectivity index (χ4v) is 4.61. The van der Waals surface area contributed by atoms with E-state index in [0.717, 1.165) is 5.56 Å². The van der Waals surface area contributed by atoms with Crippen LogP contribution in [0.3, 0.4) is 0 Å². The van der Waals surface area contributed by atoms with Crippen LogP contribution in [0.5, 0.6) is 0 Å². The number of hydrogen-bond donors (Lipinski definition) is 4. The van der Waals surface area contributed by atoms with Gasteiger partial charge >= 0.3 is 0 Å². The first-order valence-electron chi connectivity index (χ1n) is 13.1. The summed E-state index contributed by atoms with van der Waals surface area (Å²) < 4.78 is 22.8. The molecule has 0 fully saturated rings. The Balaban J connectivity index is 1.64. The lowest BCUT2D eigenvalue weighted by Gasteiger charge is -2.17. The van der Waals surface area contributed by atoms with Crippen molar-refractivity contribution in [2.45, 2.75) is 44.4 Å². The lowest BCUT2D eigenvalue weighted by Crippen LogP contribution is -2.25. The summed E-state index contributed by atoms with van der Waals surface area (Å²) >= 11 is 0. The summed E-state index contributed by atoms with van der Waals surface area (Å²) in [7, 11) is -3.88. The molecule has 2 unspecified atom stereocenters. The van der Waals surface area contributed by atoms with Crippen LogP contribution in [0, 0.1) is 5.92 Å². The van der Waals surface area contributed by atoms with Crippen molar-refractivity contribution in [1.82, 2.24) is 0 Å². The number of aliphatic hydroxyl groups excluding tert-OH is 1.